The van der Waals surface area contributed by atoms with Gasteiger partial charge in [-0.2, -0.15) is 0 Å². The number of hydrogen-bond donors (Lipinski definition) is 3. The van der Waals surface area contributed by atoms with Crippen molar-refractivity contribution in [3.05, 3.63) is 53.9 Å². The molecule has 0 radical (unpaired) electrons. The summed E-state index contributed by atoms with van der Waals surface area (Å²) in [6.45, 7) is 1.87. The van der Waals surface area contributed by atoms with Crippen LogP contribution in [0.5, 0.6) is 0 Å². The molecular formula is C20H19N5O2. The fourth-order valence-corrected chi connectivity index (χ4v) is 3.40. The van der Waals surface area contributed by atoms with Crippen molar-refractivity contribution in [2.24, 2.45) is 0 Å². The van der Waals surface area contributed by atoms with Gasteiger partial charge >= 0.3 is 5.97 Å². The Hall–Kier alpha value is -3.48. The fraction of sp³-hybridized carbons (Fsp3) is 0.200. The van der Waals surface area contributed by atoms with Crippen molar-refractivity contribution >= 4 is 17.7 Å². The molecule has 5 N–H and O–H groups in total. The van der Waals surface area contributed by atoms with Gasteiger partial charge in [0, 0.05) is 22.9 Å². The molecule has 0 aliphatic heterocycles. The summed E-state index contributed by atoms with van der Waals surface area (Å²) in [5.41, 5.74) is 15.6. The molecule has 1 aliphatic rings. The van der Waals surface area contributed by atoms with Crippen molar-refractivity contribution in [2.75, 3.05) is 11.5 Å². The number of pyridine rings is 1. The predicted octanol–water partition coefficient (Wildman–Crippen LogP) is 2.79. The number of aryl methyl sites for hydroxylation is 1. The first-order chi connectivity index (χ1) is 12.9. The zero-order valence-electron chi connectivity index (χ0n) is 14.8. The average molecular weight is 361 g/mol. The molecule has 2 heterocycles. The van der Waals surface area contributed by atoms with E-state index < -0.39 is 11.4 Å². The lowest BCUT2D eigenvalue weighted by atomic mass is 9.93. The highest BCUT2D eigenvalue weighted by Gasteiger charge is 2.51. The summed E-state index contributed by atoms with van der Waals surface area (Å²) >= 11 is 0. The van der Waals surface area contributed by atoms with Gasteiger partial charge in [0.2, 0.25) is 5.95 Å². The van der Waals surface area contributed by atoms with E-state index in [2.05, 4.69) is 15.0 Å². The smallest absolute Gasteiger partial charge is 0.314 e. The topological polar surface area (TPSA) is 128 Å². The van der Waals surface area contributed by atoms with Gasteiger partial charge in [-0.15, -0.1) is 0 Å². The van der Waals surface area contributed by atoms with Gasteiger partial charge in [0.1, 0.15) is 5.82 Å². The van der Waals surface area contributed by atoms with Crippen LogP contribution in [0.25, 0.3) is 22.4 Å². The summed E-state index contributed by atoms with van der Waals surface area (Å²) in [5.74, 6) is -0.156. The largest absolute Gasteiger partial charge is 0.481 e. The molecule has 2 aromatic heterocycles. The highest BCUT2D eigenvalue weighted by Crippen LogP contribution is 2.48. The average Bonchev–Trinajstić information content (AvgIpc) is 3.44. The molecule has 1 aromatic carbocycles. The second kappa shape index (κ2) is 6.05. The number of anilines is 2. The van der Waals surface area contributed by atoms with Gasteiger partial charge in [-0.1, -0.05) is 24.3 Å². The van der Waals surface area contributed by atoms with Crippen molar-refractivity contribution in [1.82, 2.24) is 15.0 Å². The molecule has 0 amide bonds. The third-order valence-corrected chi connectivity index (χ3v) is 5.05. The van der Waals surface area contributed by atoms with E-state index in [1.165, 1.54) is 0 Å². The van der Waals surface area contributed by atoms with Gasteiger partial charge < -0.3 is 16.6 Å². The van der Waals surface area contributed by atoms with Gasteiger partial charge in [-0.3, -0.25) is 4.79 Å². The first-order valence-corrected chi connectivity index (χ1v) is 8.61. The monoisotopic (exact) mass is 361 g/mol. The lowest BCUT2D eigenvalue weighted by Gasteiger charge is -2.14. The van der Waals surface area contributed by atoms with E-state index in [0.717, 1.165) is 27.9 Å². The number of aliphatic carboxylic acids is 1. The highest BCUT2D eigenvalue weighted by molar-refractivity contribution is 5.86. The molecule has 0 saturated heterocycles. The standard InChI is InChI=1S/C20H19N5O2/c1-11-16(13-4-7-15(21)23-10-13)17(25-19(22)24-11)12-2-5-14(6-3-12)20(8-9-20)18(26)27/h2-7,10H,8-9H2,1H3,(H2,21,23)(H,26,27)(H2,22,24,25). The third kappa shape index (κ3) is 2.87. The van der Waals surface area contributed by atoms with Crippen LogP contribution in [0.2, 0.25) is 0 Å². The minimum absolute atomic E-state index is 0.183. The molecule has 0 spiro atoms. The van der Waals surface area contributed by atoms with Crippen LogP contribution in [0.1, 0.15) is 24.1 Å². The van der Waals surface area contributed by atoms with Crippen LogP contribution < -0.4 is 11.5 Å². The number of carbonyl (C=O) groups is 1. The molecule has 7 nitrogen and oxygen atoms in total. The van der Waals surface area contributed by atoms with Gasteiger partial charge in [-0.25, -0.2) is 15.0 Å². The van der Waals surface area contributed by atoms with Crippen molar-refractivity contribution in [1.29, 1.82) is 0 Å². The zero-order valence-corrected chi connectivity index (χ0v) is 14.8. The summed E-state index contributed by atoms with van der Waals surface area (Å²) in [7, 11) is 0. The fourth-order valence-electron chi connectivity index (χ4n) is 3.40. The number of nitrogens with zero attached hydrogens (tertiary/aromatic N) is 3. The molecule has 1 aliphatic carbocycles. The Labute approximate surface area is 156 Å². The normalized spacial score (nSPS) is 14.7. The van der Waals surface area contributed by atoms with E-state index in [1.54, 1.807) is 12.3 Å². The maximum Gasteiger partial charge on any atom is 0.314 e. The Morgan fingerprint density at radius 3 is 2.26 bits per heavy atom. The van der Waals surface area contributed by atoms with Crippen molar-refractivity contribution in [2.45, 2.75) is 25.2 Å². The van der Waals surface area contributed by atoms with Crippen LogP contribution in [0.15, 0.2) is 42.6 Å². The molecule has 27 heavy (non-hydrogen) atoms. The molecule has 1 fully saturated rings. The highest BCUT2D eigenvalue weighted by atomic mass is 16.4. The molecule has 136 valence electrons. The number of nitrogen functional groups attached to an aromatic ring is 2. The number of nitrogens with two attached hydrogens (primary N) is 2. The minimum Gasteiger partial charge on any atom is -0.481 e. The number of aromatic nitrogens is 3. The Balaban J connectivity index is 1.82. The van der Waals surface area contributed by atoms with Crippen molar-refractivity contribution in [3.63, 3.8) is 0 Å². The predicted molar refractivity (Wildman–Crippen MR) is 103 cm³/mol. The summed E-state index contributed by atoms with van der Waals surface area (Å²) in [5, 5.41) is 9.48. The summed E-state index contributed by atoms with van der Waals surface area (Å²) in [6.07, 6.45) is 3.02. The molecular weight excluding hydrogens is 342 g/mol. The van der Waals surface area contributed by atoms with E-state index in [1.807, 2.05) is 37.3 Å². The quantitative estimate of drug-likeness (QED) is 0.652. The van der Waals surface area contributed by atoms with E-state index in [-0.39, 0.29) is 5.95 Å². The zero-order chi connectivity index (χ0) is 19.2. The number of hydrogen-bond acceptors (Lipinski definition) is 6. The second-order valence-electron chi connectivity index (χ2n) is 6.83. The summed E-state index contributed by atoms with van der Waals surface area (Å²) in [6, 6.07) is 11.1. The molecule has 1 saturated carbocycles. The van der Waals surface area contributed by atoms with Crippen LogP contribution in [-0.2, 0) is 10.2 Å². The Morgan fingerprint density at radius 1 is 1.04 bits per heavy atom. The van der Waals surface area contributed by atoms with Crippen LogP contribution in [-0.4, -0.2) is 26.0 Å². The van der Waals surface area contributed by atoms with Gasteiger partial charge in [0.05, 0.1) is 16.8 Å². The van der Waals surface area contributed by atoms with Crippen LogP contribution >= 0.6 is 0 Å². The Bertz CT molecular complexity index is 1030. The lowest BCUT2D eigenvalue weighted by molar-refractivity contribution is -0.140. The van der Waals surface area contributed by atoms with Crippen molar-refractivity contribution in [3.8, 4) is 22.4 Å². The first-order valence-electron chi connectivity index (χ1n) is 8.61. The summed E-state index contributed by atoms with van der Waals surface area (Å²) < 4.78 is 0. The van der Waals surface area contributed by atoms with E-state index in [0.29, 0.717) is 24.4 Å². The van der Waals surface area contributed by atoms with Gasteiger partial charge in [0.15, 0.2) is 0 Å². The molecule has 7 heteroatoms. The van der Waals surface area contributed by atoms with Gasteiger partial charge in [-0.05, 0) is 37.5 Å². The van der Waals surface area contributed by atoms with Crippen LogP contribution in [0.3, 0.4) is 0 Å². The summed E-state index contributed by atoms with van der Waals surface area (Å²) in [4.78, 5) is 24.4. The van der Waals surface area contributed by atoms with E-state index >= 15 is 0 Å². The number of rotatable bonds is 4. The SMILES string of the molecule is Cc1nc(N)nc(-c2ccc(C3(C(=O)O)CC3)cc2)c1-c1ccc(N)nc1. The number of benzene rings is 1. The van der Waals surface area contributed by atoms with Crippen LogP contribution in [0, 0.1) is 6.92 Å². The Kier molecular flexibility index (Phi) is 3.80. The van der Waals surface area contributed by atoms with E-state index in [4.69, 9.17) is 11.5 Å². The molecule has 0 unspecified atom stereocenters. The van der Waals surface area contributed by atoms with Crippen molar-refractivity contribution < 1.29 is 9.90 Å². The second-order valence-corrected chi connectivity index (χ2v) is 6.83. The Morgan fingerprint density at radius 2 is 1.70 bits per heavy atom. The maximum absolute atomic E-state index is 11.5. The first kappa shape index (κ1) is 17.0. The third-order valence-electron chi connectivity index (χ3n) is 5.05. The minimum atomic E-state index is -0.772. The molecule has 0 bridgehead atoms. The lowest BCUT2D eigenvalue weighted by Crippen LogP contribution is -2.19. The molecule has 4 rings (SSSR count). The molecule has 0 atom stereocenters. The number of carboxylic acid groups (broad SMARTS) is 1. The molecule has 3 aromatic rings. The van der Waals surface area contributed by atoms with Crippen LogP contribution in [0.4, 0.5) is 11.8 Å². The number of carboxylic acids is 1. The van der Waals surface area contributed by atoms with Gasteiger partial charge in [0.25, 0.3) is 0 Å². The maximum atomic E-state index is 11.5. The van der Waals surface area contributed by atoms with E-state index in [9.17, 15) is 9.90 Å².